The number of nitrogens with zero attached hydrogens (tertiary/aromatic N) is 3. The number of hydrogen-bond donors (Lipinski definition) is 1. The number of carbonyl (C=O) groups excluding carboxylic acids is 2. The van der Waals surface area contributed by atoms with E-state index in [9.17, 15) is 27.2 Å². The molecule has 3 heterocycles. The first-order valence-corrected chi connectivity index (χ1v) is 15.1. The van der Waals surface area contributed by atoms with Gasteiger partial charge in [-0.2, -0.15) is 18.3 Å². The molecule has 1 N–H and O–H groups in total. The number of halogens is 4. The van der Waals surface area contributed by atoms with Gasteiger partial charge in [-0.25, -0.2) is 23.8 Å². The van der Waals surface area contributed by atoms with Gasteiger partial charge < -0.3 is 4.90 Å². The Labute approximate surface area is 249 Å². The van der Waals surface area contributed by atoms with Crippen LogP contribution in [0.3, 0.4) is 0 Å². The van der Waals surface area contributed by atoms with Crippen LogP contribution in [0.5, 0.6) is 0 Å². The highest BCUT2D eigenvalue weighted by molar-refractivity contribution is 5.79. The summed E-state index contributed by atoms with van der Waals surface area (Å²) in [6.45, 7) is 8.62. The minimum absolute atomic E-state index is 0.0202. The van der Waals surface area contributed by atoms with Crippen molar-refractivity contribution in [2.75, 3.05) is 32.7 Å². The topological polar surface area (TPSA) is 87.8 Å². The Morgan fingerprint density at radius 1 is 1.07 bits per heavy atom. The lowest BCUT2D eigenvalue weighted by atomic mass is 9.85. The minimum atomic E-state index is -5.29. The second-order valence-corrected chi connectivity index (χ2v) is 13.3. The molecular formula is C31H40F4N4O4. The largest absolute Gasteiger partial charge is 0.495 e. The number of benzene rings is 1. The number of rotatable bonds is 6. The maximum atomic E-state index is 14.3. The molecule has 1 aromatic carbocycles. The lowest BCUT2D eigenvalue weighted by molar-refractivity contribution is -0.289. The summed E-state index contributed by atoms with van der Waals surface area (Å²) in [7, 11) is 0. The number of alkyl halides is 3. The Bertz CT molecular complexity index is 1300. The van der Waals surface area contributed by atoms with Gasteiger partial charge in [-0.3, -0.25) is 10.00 Å². The fourth-order valence-corrected chi connectivity index (χ4v) is 7.20. The number of aromatic nitrogens is 2. The maximum absolute atomic E-state index is 14.3. The third kappa shape index (κ3) is 7.22. The Morgan fingerprint density at radius 2 is 1.79 bits per heavy atom. The average Bonchev–Trinajstić information content (AvgIpc) is 3.55. The van der Waals surface area contributed by atoms with Crippen LogP contribution < -0.4 is 0 Å². The van der Waals surface area contributed by atoms with Gasteiger partial charge in [0.05, 0.1) is 5.69 Å². The van der Waals surface area contributed by atoms with Gasteiger partial charge in [0.2, 0.25) is 0 Å². The Balaban J connectivity index is 1.29. The number of piperidine rings is 1. The van der Waals surface area contributed by atoms with Crippen molar-refractivity contribution in [3.8, 4) is 0 Å². The van der Waals surface area contributed by atoms with E-state index in [-0.39, 0.29) is 17.7 Å². The first kappa shape index (κ1) is 31.4. The van der Waals surface area contributed by atoms with Crippen molar-refractivity contribution in [2.45, 2.75) is 83.4 Å². The zero-order valence-electron chi connectivity index (χ0n) is 24.9. The van der Waals surface area contributed by atoms with Gasteiger partial charge in [0.15, 0.2) is 0 Å². The van der Waals surface area contributed by atoms with Crippen LogP contribution in [0.4, 0.5) is 17.6 Å². The predicted molar refractivity (Wildman–Crippen MR) is 149 cm³/mol. The highest BCUT2D eigenvalue weighted by Crippen LogP contribution is 2.40. The second kappa shape index (κ2) is 12.6. The zero-order valence-corrected chi connectivity index (χ0v) is 24.9. The van der Waals surface area contributed by atoms with Crippen molar-refractivity contribution in [1.82, 2.24) is 20.0 Å². The average molecular weight is 609 g/mol. The van der Waals surface area contributed by atoms with Crippen molar-refractivity contribution >= 4 is 11.9 Å². The van der Waals surface area contributed by atoms with E-state index in [0.717, 1.165) is 50.9 Å². The van der Waals surface area contributed by atoms with Gasteiger partial charge in [0.25, 0.3) is 0 Å². The maximum Gasteiger partial charge on any atom is 0.495 e. The Hall–Kier alpha value is -2.99. The van der Waals surface area contributed by atoms with E-state index in [2.05, 4.69) is 19.8 Å². The number of nitrogens with one attached hydrogen (secondary N) is 1. The summed E-state index contributed by atoms with van der Waals surface area (Å²) in [4.78, 5) is 36.8. The Morgan fingerprint density at radius 3 is 2.47 bits per heavy atom. The molecule has 3 atom stereocenters. The highest BCUT2D eigenvalue weighted by Gasteiger charge is 2.48. The molecule has 0 unspecified atom stereocenters. The van der Waals surface area contributed by atoms with Gasteiger partial charge in [-0.1, -0.05) is 32.9 Å². The number of aryl methyl sites for hydroxylation is 1. The van der Waals surface area contributed by atoms with Crippen LogP contribution in [-0.4, -0.2) is 76.9 Å². The molecule has 1 aliphatic carbocycles. The number of fused-ring (bicyclic) bond motifs is 1. The van der Waals surface area contributed by atoms with Gasteiger partial charge in [0, 0.05) is 37.2 Å². The smallest absolute Gasteiger partial charge is 0.303 e. The summed E-state index contributed by atoms with van der Waals surface area (Å²) >= 11 is 0. The molecule has 2 aliphatic heterocycles. The number of hydrogen-bond acceptors (Lipinski definition) is 7. The molecule has 0 radical (unpaired) electrons. The van der Waals surface area contributed by atoms with Crippen molar-refractivity contribution < 1.29 is 36.9 Å². The van der Waals surface area contributed by atoms with E-state index in [0.29, 0.717) is 19.0 Å². The minimum Gasteiger partial charge on any atom is -0.303 e. The van der Waals surface area contributed by atoms with Gasteiger partial charge in [0.1, 0.15) is 11.9 Å². The lowest BCUT2D eigenvalue weighted by Crippen LogP contribution is -2.50. The molecular weight excluding hydrogens is 568 g/mol. The number of likely N-dealkylation sites (tertiary alicyclic amines) is 2. The molecule has 5 rings (SSSR count). The normalized spacial score (nSPS) is 23.1. The molecule has 2 aromatic rings. The monoisotopic (exact) mass is 608 g/mol. The molecule has 0 amide bonds. The molecule has 0 spiro atoms. The van der Waals surface area contributed by atoms with E-state index in [1.807, 2.05) is 11.0 Å². The van der Waals surface area contributed by atoms with Crippen LogP contribution in [0.25, 0.3) is 0 Å². The SMILES string of the molecule is CC(C)(C)[C@H](C(=O)OOC(=O)C(F)(F)F)N1C[C@H](CN2CCC(c3n[nH]c4c3CCCC4)CC2)[C@@H](c2cccc(F)c2)C1. The van der Waals surface area contributed by atoms with E-state index in [1.54, 1.807) is 26.8 Å². The summed E-state index contributed by atoms with van der Waals surface area (Å²) in [5, 5.41) is 7.96. The fourth-order valence-electron chi connectivity index (χ4n) is 7.20. The second-order valence-electron chi connectivity index (χ2n) is 13.3. The van der Waals surface area contributed by atoms with Crippen LogP contribution in [-0.2, 0) is 32.2 Å². The van der Waals surface area contributed by atoms with Crippen LogP contribution in [0, 0.1) is 17.2 Å². The number of H-pyrrole nitrogens is 1. The summed E-state index contributed by atoms with van der Waals surface area (Å²) in [5.74, 6) is -3.72. The molecule has 0 bridgehead atoms. The summed E-state index contributed by atoms with van der Waals surface area (Å²) in [6.07, 6.45) is 1.23. The van der Waals surface area contributed by atoms with Crippen molar-refractivity contribution in [1.29, 1.82) is 0 Å². The zero-order chi connectivity index (χ0) is 30.9. The molecule has 1 aromatic heterocycles. The molecule has 43 heavy (non-hydrogen) atoms. The molecule has 236 valence electrons. The lowest BCUT2D eigenvalue weighted by Gasteiger charge is -2.36. The molecule has 2 fully saturated rings. The number of carbonyl (C=O) groups is 2. The van der Waals surface area contributed by atoms with E-state index in [4.69, 9.17) is 5.10 Å². The molecule has 0 saturated carbocycles. The fraction of sp³-hybridized carbons (Fsp3) is 0.645. The van der Waals surface area contributed by atoms with Crippen LogP contribution in [0.15, 0.2) is 24.3 Å². The van der Waals surface area contributed by atoms with Crippen LogP contribution in [0.1, 0.15) is 80.8 Å². The predicted octanol–water partition coefficient (Wildman–Crippen LogP) is 5.30. The first-order valence-electron chi connectivity index (χ1n) is 15.1. The molecule has 2 saturated heterocycles. The van der Waals surface area contributed by atoms with E-state index in [1.165, 1.54) is 41.9 Å². The molecule has 12 heteroatoms. The Kier molecular flexibility index (Phi) is 9.18. The summed E-state index contributed by atoms with van der Waals surface area (Å²) < 4.78 is 52.2. The van der Waals surface area contributed by atoms with Crippen LogP contribution >= 0.6 is 0 Å². The summed E-state index contributed by atoms with van der Waals surface area (Å²) in [6, 6.07) is 5.42. The molecule has 3 aliphatic rings. The third-order valence-electron chi connectivity index (χ3n) is 9.14. The number of aromatic amines is 1. The molecule has 8 nitrogen and oxygen atoms in total. The van der Waals surface area contributed by atoms with E-state index < -0.39 is 29.6 Å². The van der Waals surface area contributed by atoms with Gasteiger partial charge in [-0.15, -0.1) is 0 Å². The van der Waals surface area contributed by atoms with Crippen LogP contribution in [0.2, 0.25) is 0 Å². The van der Waals surface area contributed by atoms with Crippen molar-refractivity contribution in [3.63, 3.8) is 0 Å². The van der Waals surface area contributed by atoms with Gasteiger partial charge >= 0.3 is 18.1 Å². The first-order chi connectivity index (χ1) is 20.3. The quantitative estimate of drug-likeness (QED) is 0.271. The van der Waals surface area contributed by atoms with Crippen molar-refractivity contribution in [2.24, 2.45) is 11.3 Å². The standard InChI is InChI=1S/C31H40F4N4O4/c1-30(2,3)27(28(40)42-43-29(41)31(33,34)35)39-17-21(24(18-39)20-7-6-8-22(32)15-20)16-38-13-11-19(12-14-38)26-23-9-4-5-10-25(23)36-37-26/h6-8,15,19,21,24,27H,4-5,9-14,16-18H2,1-3H3,(H,36,37)/t21-,24+,27-/m0/s1. The highest BCUT2D eigenvalue weighted by atomic mass is 19.4. The van der Waals surface area contributed by atoms with E-state index >= 15 is 0 Å². The van der Waals surface area contributed by atoms with Gasteiger partial charge in [-0.05, 0) is 86.2 Å². The van der Waals surface area contributed by atoms with Crippen molar-refractivity contribution in [3.05, 3.63) is 52.6 Å². The third-order valence-corrected chi connectivity index (χ3v) is 9.14. The summed E-state index contributed by atoms with van der Waals surface area (Å²) in [5.41, 5.74) is 3.95.